The summed E-state index contributed by atoms with van der Waals surface area (Å²) in [6, 6.07) is 12.2. The number of carbonyl (C=O) groups excluding carboxylic acids is 1. The number of carbonyl (C=O) groups is 1. The second kappa shape index (κ2) is 7.66. The van der Waals surface area contributed by atoms with Crippen LogP contribution in [0.25, 0.3) is 11.0 Å². The third-order valence-corrected chi connectivity index (χ3v) is 4.25. The lowest BCUT2D eigenvalue weighted by atomic mass is 10.1. The molecule has 2 aromatic carbocycles. The molecular weight excluding hydrogens is 338 g/mol. The Kier molecular flexibility index (Phi) is 5.32. The molecule has 4 nitrogen and oxygen atoms in total. The van der Waals surface area contributed by atoms with Gasteiger partial charge in [-0.25, -0.2) is 8.78 Å². The SMILES string of the molecule is C[C@H](NCC(=O)N[C@H](C)c1cc2ccccc2o1)c1ccc(F)cc1F. The van der Waals surface area contributed by atoms with Crippen LogP contribution in [0, 0.1) is 11.6 Å². The number of rotatable bonds is 6. The highest BCUT2D eigenvalue weighted by atomic mass is 19.1. The van der Waals surface area contributed by atoms with Crippen LogP contribution >= 0.6 is 0 Å². The van der Waals surface area contributed by atoms with Crippen LogP contribution in [0.2, 0.25) is 0 Å². The van der Waals surface area contributed by atoms with E-state index in [0.717, 1.165) is 17.0 Å². The maximum absolute atomic E-state index is 13.8. The first-order chi connectivity index (χ1) is 12.4. The molecule has 1 amide bonds. The molecule has 2 N–H and O–H groups in total. The van der Waals surface area contributed by atoms with Crippen LogP contribution in [0.4, 0.5) is 8.78 Å². The first-order valence-electron chi connectivity index (χ1n) is 8.40. The highest BCUT2D eigenvalue weighted by molar-refractivity contribution is 5.80. The highest BCUT2D eigenvalue weighted by Crippen LogP contribution is 2.23. The Morgan fingerprint density at radius 1 is 1.08 bits per heavy atom. The number of amides is 1. The van der Waals surface area contributed by atoms with E-state index < -0.39 is 17.7 Å². The van der Waals surface area contributed by atoms with E-state index in [9.17, 15) is 13.6 Å². The third-order valence-electron chi connectivity index (χ3n) is 4.25. The van der Waals surface area contributed by atoms with Crippen LogP contribution in [-0.4, -0.2) is 12.5 Å². The molecule has 0 aliphatic heterocycles. The largest absolute Gasteiger partial charge is 0.459 e. The lowest BCUT2D eigenvalue weighted by molar-refractivity contribution is -0.121. The van der Waals surface area contributed by atoms with Crippen molar-refractivity contribution >= 4 is 16.9 Å². The summed E-state index contributed by atoms with van der Waals surface area (Å²) in [5.41, 5.74) is 1.08. The lowest BCUT2D eigenvalue weighted by Crippen LogP contribution is -2.36. The van der Waals surface area contributed by atoms with Crippen molar-refractivity contribution in [3.8, 4) is 0 Å². The van der Waals surface area contributed by atoms with E-state index in [4.69, 9.17) is 4.42 Å². The summed E-state index contributed by atoms with van der Waals surface area (Å²) in [5.74, 6) is -0.846. The summed E-state index contributed by atoms with van der Waals surface area (Å²) in [5, 5.41) is 6.75. The van der Waals surface area contributed by atoms with Crippen molar-refractivity contribution in [1.29, 1.82) is 0 Å². The van der Waals surface area contributed by atoms with Gasteiger partial charge < -0.3 is 15.1 Å². The first-order valence-corrected chi connectivity index (χ1v) is 8.40. The first kappa shape index (κ1) is 18.1. The average molecular weight is 358 g/mol. The number of fused-ring (bicyclic) bond motifs is 1. The van der Waals surface area contributed by atoms with Gasteiger partial charge in [0, 0.05) is 23.1 Å². The molecular formula is C20H20F2N2O2. The second-order valence-corrected chi connectivity index (χ2v) is 6.24. The predicted octanol–water partition coefficient (Wildman–Crippen LogP) is 4.24. The summed E-state index contributed by atoms with van der Waals surface area (Å²) in [7, 11) is 0. The topological polar surface area (TPSA) is 54.3 Å². The lowest BCUT2D eigenvalue weighted by Gasteiger charge is -2.16. The molecule has 26 heavy (non-hydrogen) atoms. The molecule has 3 rings (SSSR count). The Hall–Kier alpha value is -2.73. The molecule has 0 saturated carbocycles. The Bertz CT molecular complexity index is 890. The summed E-state index contributed by atoms with van der Waals surface area (Å²) >= 11 is 0. The zero-order valence-electron chi connectivity index (χ0n) is 14.6. The summed E-state index contributed by atoms with van der Waals surface area (Å²) in [6.07, 6.45) is 0. The number of furan rings is 1. The van der Waals surface area contributed by atoms with Gasteiger partial charge in [-0.3, -0.25) is 4.79 Å². The number of hydrogen-bond acceptors (Lipinski definition) is 3. The molecule has 0 bridgehead atoms. The van der Waals surface area contributed by atoms with Crippen LogP contribution in [-0.2, 0) is 4.79 Å². The molecule has 2 atom stereocenters. The Labute approximate surface area is 150 Å². The Morgan fingerprint density at radius 3 is 2.58 bits per heavy atom. The van der Waals surface area contributed by atoms with Crippen LogP contribution < -0.4 is 10.6 Å². The van der Waals surface area contributed by atoms with Crippen LogP contribution in [0.3, 0.4) is 0 Å². The standard InChI is InChI=1S/C20H20F2N2O2/c1-12(16-8-7-15(21)10-17(16)22)23-11-20(25)24-13(2)19-9-14-5-3-4-6-18(14)26-19/h3-10,12-13,23H,11H2,1-2H3,(H,24,25)/t12-,13+/m0/s1. The van der Waals surface area contributed by atoms with Gasteiger partial charge in [0.1, 0.15) is 23.0 Å². The Balaban J connectivity index is 1.56. The number of hydrogen-bond donors (Lipinski definition) is 2. The summed E-state index contributed by atoms with van der Waals surface area (Å²) in [4.78, 5) is 12.1. The van der Waals surface area contributed by atoms with Crippen molar-refractivity contribution in [2.45, 2.75) is 25.9 Å². The molecule has 0 aliphatic rings. The van der Waals surface area contributed by atoms with Gasteiger partial charge in [-0.05, 0) is 32.0 Å². The van der Waals surface area contributed by atoms with Crippen molar-refractivity contribution in [3.05, 3.63) is 71.5 Å². The van der Waals surface area contributed by atoms with E-state index in [-0.39, 0.29) is 18.5 Å². The Morgan fingerprint density at radius 2 is 1.85 bits per heavy atom. The van der Waals surface area contributed by atoms with Crippen molar-refractivity contribution < 1.29 is 18.0 Å². The molecule has 0 saturated heterocycles. The third kappa shape index (κ3) is 4.08. The maximum atomic E-state index is 13.8. The van der Waals surface area contributed by atoms with E-state index in [2.05, 4.69) is 10.6 Å². The number of benzene rings is 2. The van der Waals surface area contributed by atoms with E-state index in [1.54, 1.807) is 6.92 Å². The van der Waals surface area contributed by atoms with Gasteiger partial charge in [0.2, 0.25) is 5.91 Å². The predicted molar refractivity (Wildman–Crippen MR) is 95.5 cm³/mol. The molecule has 1 aromatic heterocycles. The van der Waals surface area contributed by atoms with Gasteiger partial charge >= 0.3 is 0 Å². The fourth-order valence-corrected chi connectivity index (χ4v) is 2.79. The van der Waals surface area contributed by atoms with Gasteiger partial charge in [-0.2, -0.15) is 0 Å². The summed E-state index contributed by atoms with van der Waals surface area (Å²) in [6.45, 7) is 3.55. The minimum Gasteiger partial charge on any atom is -0.459 e. The van der Waals surface area contributed by atoms with E-state index in [0.29, 0.717) is 11.3 Å². The second-order valence-electron chi connectivity index (χ2n) is 6.24. The minimum atomic E-state index is -0.638. The minimum absolute atomic E-state index is 0.00253. The molecule has 6 heteroatoms. The zero-order valence-corrected chi connectivity index (χ0v) is 14.6. The monoisotopic (exact) mass is 358 g/mol. The van der Waals surface area contributed by atoms with E-state index in [1.807, 2.05) is 37.3 Å². The molecule has 0 spiro atoms. The van der Waals surface area contributed by atoms with Crippen LogP contribution in [0.15, 0.2) is 52.9 Å². The van der Waals surface area contributed by atoms with Crippen LogP contribution in [0.5, 0.6) is 0 Å². The fourth-order valence-electron chi connectivity index (χ4n) is 2.79. The van der Waals surface area contributed by atoms with Crippen molar-refractivity contribution in [2.24, 2.45) is 0 Å². The van der Waals surface area contributed by atoms with Crippen molar-refractivity contribution in [1.82, 2.24) is 10.6 Å². The van der Waals surface area contributed by atoms with Crippen molar-refractivity contribution in [3.63, 3.8) is 0 Å². The number of nitrogens with one attached hydrogen (secondary N) is 2. The zero-order chi connectivity index (χ0) is 18.7. The fraction of sp³-hybridized carbons (Fsp3) is 0.250. The molecule has 0 radical (unpaired) electrons. The molecule has 0 aliphatic carbocycles. The quantitative estimate of drug-likeness (QED) is 0.693. The van der Waals surface area contributed by atoms with Crippen molar-refractivity contribution in [2.75, 3.05) is 6.54 Å². The van der Waals surface area contributed by atoms with Gasteiger partial charge in [-0.15, -0.1) is 0 Å². The molecule has 0 fully saturated rings. The number of para-hydroxylation sites is 1. The normalized spacial score (nSPS) is 13.5. The molecule has 1 heterocycles. The van der Waals surface area contributed by atoms with Gasteiger partial charge in [0.05, 0.1) is 12.6 Å². The van der Waals surface area contributed by atoms with E-state index in [1.165, 1.54) is 12.1 Å². The van der Waals surface area contributed by atoms with Gasteiger partial charge in [0.25, 0.3) is 0 Å². The average Bonchev–Trinajstić information content (AvgIpc) is 3.04. The molecule has 136 valence electrons. The molecule has 3 aromatic rings. The maximum Gasteiger partial charge on any atom is 0.234 e. The van der Waals surface area contributed by atoms with E-state index >= 15 is 0 Å². The summed E-state index contributed by atoms with van der Waals surface area (Å²) < 4.78 is 32.5. The number of halogens is 2. The van der Waals surface area contributed by atoms with Crippen LogP contribution in [0.1, 0.15) is 37.3 Å². The highest BCUT2D eigenvalue weighted by Gasteiger charge is 2.16. The van der Waals surface area contributed by atoms with Gasteiger partial charge in [0.15, 0.2) is 0 Å². The molecule has 0 unspecified atom stereocenters. The smallest absolute Gasteiger partial charge is 0.234 e. The van der Waals surface area contributed by atoms with Gasteiger partial charge in [-0.1, -0.05) is 24.3 Å².